The SMILES string of the molecule is O=C(CO)[C@@H]1C[C@H]2C=C[C@@H]1C2. The fraction of sp³-hybridized carbons (Fsp3) is 0.667. The van der Waals surface area contributed by atoms with Gasteiger partial charge in [0, 0.05) is 5.92 Å². The molecule has 2 nitrogen and oxygen atoms in total. The molecule has 1 N–H and O–H groups in total. The van der Waals surface area contributed by atoms with E-state index in [0.29, 0.717) is 11.8 Å². The van der Waals surface area contributed by atoms with Gasteiger partial charge in [0.15, 0.2) is 5.78 Å². The summed E-state index contributed by atoms with van der Waals surface area (Å²) in [5.41, 5.74) is 0. The van der Waals surface area contributed by atoms with Crippen molar-refractivity contribution in [3.8, 4) is 0 Å². The lowest BCUT2D eigenvalue weighted by Gasteiger charge is -2.14. The second-order valence-corrected chi connectivity index (χ2v) is 3.51. The summed E-state index contributed by atoms with van der Waals surface area (Å²) in [6, 6.07) is 0. The molecule has 0 unspecified atom stereocenters. The molecule has 11 heavy (non-hydrogen) atoms. The van der Waals surface area contributed by atoms with Crippen LogP contribution in [0.25, 0.3) is 0 Å². The first kappa shape index (κ1) is 7.04. The van der Waals surface area contributed by atoms with E-state index in [1.165, 1.54) is 0 Å². The molecule has 2 aliphatic carbocycles. The van der Waals surface area contributed by atoms with Gasteiger partial charge in [-0.15, -0.1) is 0 Å². The number of aliphatic hydroxyl groups excluding tert-OH is 1. The molecule has 2 heteroatoms. The minimum Gasteiger partial charge on any atom is -0.389 e. The Morgan fingerprint density at radius 2 is 2.27 bits per heavy atom. The Hall–Kier alpha value is -0.630. The highest BCUT2D eigenvalue weighted by atomic mass is 16.3. The summed E-state index contributed by atoms with van der Waals surface area (Å²) in [7, 11) is 0. The van der Waals surface area contributed by atoms with E-state index < -0.39 is 0 Å². The molecule has 2 bridgehead atoms. The number of aliphatic hydroxyl groups is 1. The van der Waals surface area contributed by atoms with Gasteiger partial charge in [0.2, 0.25) is 0 Å². The smallest absolute Gasteiger partial charge is 0.161 e. The van der Waals surface area contributed by atoms with Crippen molar-refractivity contribution >= 4 is 5.78 Å². The van der Waals surface area contributed by atoms with E-state index in [0.717, 1.165) is 12.8 Å². The summed E-state index contributed by atoms with van der Waals surface area (Å²) in [6.45, 7) is -0.276. The van der Waals surface area contributed by atoms with Crippen LogP contribution in [0, 0.1) is 17.8 Å². The van der Waals surface area contributed by atoms with Crippen LogP contribution in [0.15, 0.2) is 12.2 Å². The molecule has 0 spiro atoms. The summed E-state index contributed by atoms with van der Waals surface area (Å²) >= 11 is 0. The normalized spacial score (nSPS) is 39.9. The highest BCUT2D eigenvalue weighted by Gasteiger charge is 2.38. The molecular formula is C9H12O2. The molecule has 0 aliphatic heterocycles. The summed E-state index contributed by atoms with van der Waals surface area (Å²) in [4.78, 5) is 11.1. The van der Waals surface area contributed by atoms with Crippen molar-refractivity contribution in [1.29, 1.82) is 0 Å². The molecule has 0 aromatic carbocycles. The van der Waals surface area contributed by atoms with Crippen LogP contribution in [-0.2, 0) is 4.79 Å². The van der Waals surface area contributed by atoms with Crippen LogP contribution in [0.4, 0.5) is 0 Å². The second kappa shape index (κ2) is 2.45. The van der Waals surface area contributed by atoms with Gasteiger partial charge in [0.05, 0.1) is 0 Å². The third-order valence-electron chi connectivity index (χ3n) is 2.85. The number of allylic oxidation sites excluding steroid dienone is 2. The van der Waals surface area contributed by atoms with Crippen LogP contribution in [0.1, 0.15) is 12.8 Å². The van der Waals surface area contributed by atoms with Crippen molar-refractivity contribution in [2.24, 2.45) is 17.8 Å². The molecule has 2 aliphatic rings. The number of hydrogen-bond donors (Lipinski definition) is 1. The van der Waals surface area contributed by atoms with E-state index in [4.69, 9.17) is 5.11 Å². The van der Waals surface area contributed by atoms with E-state index in [-0.39, 0.29) is 18.3 Å². The Morgan fingerprint density at radius 1 is 1.45 bits per heavy atom. The lowest BCUT2D eigenvalue weighted by atomic mass is 9.90. The van der Waals surface area contributed by atoms with Gasteiger partial charge in [-0.2, -0.15) is 0 Å². The lowest BCUT2D eigenvalue weighted by Crippen LogP contribution is -2.21. The van der Waals surface area contributed by atoms with Gasteiger partial charge in [0.1, 0.15) is 6.61 Å². The Morgan fingerprint density at radius 3 is 2.73 bits per heavy atom. The van der Waals surface area contributed by atoms with Crippen LogP contribution in [0.5, 0.6) is 0 Å². The molecule has 1 saturated carbocycles. The van der Waals surface area contributed by atoms with Crippen molar-refractivity contribution in [2.75, 3.05) is 6.61 Å². The van der Waals surface area contributed by atoms with Gasteiger partial charge in [-0.25, -0.2) is 0 Å². The summed E-state index contributed by atoms with van der Waals surface area (Å²) in [5, 5.41) is 8.65. The molecule has 3 atom stereocenters. The second-order valence-electron chi connectivity index (χ2n) is 3.51. The van der Waals surface area contributed by atoms with Gasteiger partial charge < -0.3 is 5.11 Å². The number of carbonyl (C=O) groups is 1. The highest BCUT2D eigenvalue weighted by Crippen LogP contribution is 2.43. The van der Waals surface area contributed by atoms with Crippen LogP contribution in [0.3, 0.4) is 0 Å². The standard InChI is InChI=1S/C9H12O2/c10-5-9(11)8-4-6-1-2-7(8)3-6/h1-2,6-8,10H,3-5H2/t6-,7+,8+/m0/s1. The average Bonchev–Trinajstić information content (AvgIpc) is 2.62. The predicted octanol–water partition coefficient (Wildman–Crippen LogP) is 0.760. The largest absolute Gasteiger partial charge is 0.389 e. The quantitative estimate of drug-likeness (QED) is 0.593. The maximum Gasteiger partial charge on any atom is 0.161 e. The van der Waals surface area contributed by atoms with Crippen LogP contribution in [0.2, 0.25) is 0 Å². The molecular weight excluding hydrogens is 140 g/mol. The first-order valence-corrected chi connectivity index (χ1v) is 4.13. The predicted molar refractivity (Wildman–Crippen MR) is 40.9 cm³/mol. The number of hydrogen-bond acceptors (Lipinski definition) is 2. The summed E-state index contributed by atoms with van der Waals surface area (Å²) in [5.74, 6) is 1.23. The third kappa shape index (κ3) is 1.02. The van der Waals surface area contributed by atoms with Crippen LogP contribution < -0.4 is 0 Å². The molecule has 0 saturated heterocycles. The fourth-order valence-corrected chi connectivity index (χ4v) is 2.27. The minimum atomic E-state index is -0.276. The third-order valence-corrected chi connectivity index (χ3v) is 2.85. The number of Topliss-reactive ketones (excluding diaryl/α,β-unsaturated/α-hetero) is 1. The zero-order valence-corrected chi connectivity index (χ0v) is 6.36. The maximum atomic E-state index is 11.1. The van der Waals surface area contributed by atoms with E-state index in [9.17, 15) is 4.79 Å². The first-order valence-electron chi connectivity index (χ1n) is 4.13. The van der Waals surface area contributed by atoms with E-state index >= 15 is 0 Å². The Bertz CT molecular complexity index is 208. The van der Waals surface area contributed by atoms with Crippen molar-refractivity contribution in [3.05, 3.63) is 12.2 Å². The summed E-state index contributed by atoms with van der Waals surface area (Å²) < 4.78 is 0. The number of ketones is 1. The van der Waals surface area contributed by atoms with Gasteiger partial charge >= 0.3 is 0 Å². The zero-order valence-electron chi connectivity index (χ0n) is 6.36. The van der Waals surface area contributed by atoms with Gasteiger partial charge in [-0.3, -0.25) is 4.79 Å². The molecule has 1 fully saturated rings. The number of carbonyl (C=O) groups excluding carboxylic acids is 1. The monoisotopic (exact) mass is 152 g/mol. The number of fused-ring (bicyclic) bond motifs is 2. The number of rotatable bonds is 2. The summed E-state index contributed by atoms with van der Waals surface area (Å²) in [6.07, 6.45) is 6.44. The zero-order chi connectivity index (χ0) is 7.84. The fourth-order valence-electron chi connectivity index (χ4n) is 2.27. The molecule has 0 aromatic heterocycles. The van der Waals surface area contributed by atoms with E-state index in [1.54, 1.807) is 0 Å². The Kier molecular flexibility index (Phi) is 1.57. The lowest BCUT2D eigenvalue weighted by molar-refractivity contribution is -0.126. The van der Waals surface area contributed by atoms with Crippen LogP contribution >= 0.6 is 0 Å². The van der Waals surface area contributed by atoms with E-state index in [2.05, 4.69) is 12.2 Å². The van der Waals surface area contributed by atoms with Gasteiger partial charge in [0.25, 0.3) is 0 Å². The molecule has 0 heterocycles. The molecule has 2 rings (SSSR count). The Labute approximate surface area is 65.9 Å². The average molecular weight is 152 g/mol. The maximum absolute atomic E-state index is 11.1. The molecule has 60 valence electrons. The van der Waals surface area contributed by atoms with Crippen molar-refractivity contribution in [3.63, 3.8) is 0 Å². The van der Waals surface area contributed by atoms with Crippen molar-refractivity contribution in [2.45, 2.75) is 12.8 Å². The topological polar surface area (TPSA) is 37.3 Å². The Balaban J connectivity index is 2.08. The highest BCUT2D eigenvalue weighted by molar-refractivity contribution is 5.83. The molecule has 0 amide bonds. The van der Waals surface area contributed by atoms with Crippen molar-refractivity contribution in [1.82, 2.24) is 0 Å². The van der Waals surface area contributed by atoms with Crippen LogP contribution in [-0.4, -0.2) is 17.5 Å². The minimum absolute atomic E-state index is 0.0295. The van der Waals surface area contributed by atoms with Gasteiger partial charge in [-0.1, -0.05) is 12.2 Å². The molecule has 0 aromatic rings. The van der Waals surface area contributed by atoms with E-state index in [1.807, 2.05) is 0 Å². The molecule has 0 radical (unpaired) electrons. The van der Waals surface area contributed by atoms with Gasteiger partial charge in [-0.05, 0) is 24.7 Å². The first-order chi connectivity index (χ1) is 5.31. The van der Waals surface area contributed by atoms with Crippen molar-refractivity contribution < 1.29 is 9.90 Å².